The number of Topliss-reactive ketones (excluding diaryl/α,β-unsaturated/α-hetero) is 2. The Morgan fingerprint density at radius 3 is 1.12 bits per heavy atom. The highest BCUT2D eigenvalue weighted by atomic mass is 35.5. The lowest BCUT2D eigenvalue weighted by atomic mass is 9.66. The van der Waals surface area contributed by atoms with E-state index in [0.29, 0.717) is 40.5 Å². The quantitative estimate of drug-likeness (QED) is 0.0163. The van der Waals surface area contributed by atoms with Gasteiger partial charge in [-0.1, -0.05) is 309 Å². The highest BCUT2D eigenvalue weighted by molar-refractivity contribution is 7.29. The third-order valence-electron chi connectivity index (χ3n) is 26.8. The lowest BCUT2D eigenvalue weighted by Gasteiger charge is -2.35. The molecule has 0 radical (unpaired) electrons. The minimum atomic E-state index is -1.05. The van der Waals surface area contributed by atoms with Crippen molar-refractivity contribution in [2.75, 3.05) is 13.2 Å². The fourth-order valence-electron chi connectivity index (χ4n) is 20.0. The second-order valence-corrected chi connectivity index (χ2v) is 41.1. The lowest BCUT2D eigenvalue weighted by Crippen LogP contribution is -2.29. The van der Waals surface area contributed by atoms with Crippen LogP contribution in [0.25, 0.3) is 72.7 Å². The first kappa shape index (κ1) is 92.3. The summed E-state index contributed by atoms with van der Waals surface area (Å²) < 4.78 is 18.5. The molecule has 0 fully saturated rings. The first-order valence-electron chi connectivity index (χ1n) is 46.8. The SMILES string of the molecule is [C-]#[N+]/C(C#N)=C1\C(=C\c2cc3c(s2)-c2sc4c(OCC(CCCC)CCCC)c5c6c(sc5c(OCC(C)CCCC)c4c2C3(c2ccc(CCCCCC)cc2)c2ccc(CCCCCC)cc2)-c2sc(/C=C3\C(=O)c4cc(Cl)c(Cl)cc4\C3=C(\C#N)[N+]#[C-])cc2C6(c2ccc(CCCCCC)cc2)c2ccc(CCCCCC)cc2)C(=O)c2cc(Cl)c(C)cc21. The molecular formula is C112H115Cl3N4O4S4. The second-order valence-electron chi connectivity index (χ2n) is 35.6. The van der Waals surface area contributed by atoms with Crippen molar-refractivity contribution in [1.82, 2.24) is 0 Å². The molecule has 0 spiro atoms. The lowest BCUT2D eigenvalue weighted by molar-refractivity contribution is 0.103. The molecule has 8 nitrogen and oxygen atoms in total. The fourth-order valence-corrected chi connectivity index (χ4v) is 25.9. The molecule has 0 aliphatic heterocycles. The Balaban J connectivity index is 1.11. The Bertz CT molecular complexity index is 5980. The van der Waals surface area contributed by atoms with Gasteiger partial charge in [-0.3, -0.25) is 9.59 Å². The van der Waals surface area contributed by atoms with Crippen molar-refractivity contribution in [3.05, 3.63) is 298 Å². The summed E-state index contributed by atoms with van der Waals surface area (Å²) in [4.78, 5) is 44.2. The van der Waals surface area contributed by atoms with Crippen LogP contribution in [0.15, 0.2) is 156 Å². The molecule has 7 aromatic carbocycles. The highest BCUT2D eigenvalue weighted by Crippen LogP contribution is 2.71. The van der Waals surface area contributed by atoms with Gasteiger partial charge in [-0.2, -0.15) is 0 Å². The number of halogens is 3. The van der Waals surface area contributed by atoms with E-state index in [0.717, 1.165) is 272 Å². The van der Waals surface area contributed by atoms with Gasteiger partial charge in [0, 0.05) is 70.1 Å². The van der Waals surface area contributed by atoms with E-state index in [4.69, 9.17) is 57.4 Å². The number of ether oxygens (including phenoxy) is 2. The van der Waals surface area contributed by atoms with Crippen molar-refractivity contribution < 1.29 is 19.1 Å². The maximum absolute atomic E-state index is 15.4. The number of carbonyl (C=O) groups excluding carboxylic acids is 2. The normalized spacial score (nSPS) is 15.5. The van der Waals surface area contributed by atoms with Crippen molar-refractivity contribution in [3.63, 3.8) is 0 Å². The van der Waals surface area contributed by atoms with Gasteiger partial charge in [0.1, 0.15) is 11.5 Å². The zero-order valence-corrected chi connectivity index (χ0v) is 80.7. The molecule has 1 unspecified atom stereocenters. The maximum atomic E-state index is 15.4. The zero-order valence-electron chi connectivity index (χ0n) is 75.1. The molecule has 11 aromatic rings. The molecule has 4 heterocycles. The number of rotatable bonds is 41. The van der Waals surface area contributed by atoms with Gasteiger partial charge >= 0.3 is 0 Å². The van der Waals surface area contributed by atoms with Gasteiger partial charge in [0.2, 0.25) is 0 Å². The summed E-state index contributed by atoms with van der Waals surface area (Å²) in [7, 11) is 0. The summed E-state index contributed by atoms with van der Waals surface area (Å²) in [5.41, 5.74) is 14.9. The minimum absolute atomic E-state index is 0.151. The summed E-state index contributed by atoms with van der Waals surface area (Å²) in [6, 6.07) is 53.8. The number of allylic oxidation sites excluding steroid dienone is 6. The van der Waals surface area contributed by atoms with Crippen LogP contribution in [0.2, 0.25) is 15.1 Å². The first-order valence-corrected chi connectivity index (χ1v) is 51.2. The number of hydrogen-bond acceptors (Lipinski definition) is 10. The van der Waals surface area contributed by atoms with Crippen LogP contribution in [-0.4, -0.2) is 24.8 Å². The van der Waals surface area contributed by atoms with E-state index in [1.807, 2.05) is 25.1 Å². The van der Waals surface area contributed by atoms with E-state index in [-0.39, 0.29) is 67.1 Å². The minimum Gasteiger partial charge on any atom is -0.491 e. The Morgan fingerprint density at radius 2 is 0.764 bits per heavy atom. The molecule has 0 bridgehead atoms. The number of thiophene rings is 4. The van der Waals surface area contributed by atoms with Crippen LogP contribution in [0.3, 0.4) is 0 Å². The number of hydrogen-bond donors (Lipinski definition) is 0. The molecule has 0 N–H and O–H groups in total. The van der Waals surface area contributed by atoms with Crippen molar-refractivity contribution in [2.24, 2.45) is 11.8 Å². The summed E-state index contributed by atoms with van der Waals surface area (Å²) >= 11 is 27.4. The molecule has 4 aromatic heterocycles. The van der Waals surface area contributed by atoms with Crippen LogP contribution in [-0.2, 0) is 36.5 Å². The monoisotopic (exact) mass is 1810 g/mol. The molecule has 0 amide bonds. The summed E-state index contributed by atoms with van der Waals surface area (Å²) in [6.07, 6.45) is 35.2. The number of unbranched alkanes of at least 4 members (excludes halogenated alkanes) is 15. The summed E-state index contributed by atoms with van der Waals surface area (Å²) in [5, 5.41) is 24.6. The van der Waals surface area contributed by atoms with Crippen LogP contribution in [0.5, 0.6) is 11.5 Å². The standard InChI is InChI=1S/C112H115Cl3N4O4S4/c1-12-19-26-30-37-71-41-49-76(50-42-71)111(77-51-43-72(44-52-77)38-31-27-20-13-2)88-60-80(58-86-95(93(65-116)118-10)82-57-70(9)90(113)63-84(82)101(86)120)124-105(88)109-99(111)97-103(122-67-69(8)34-23-16-5)107-98(104(108(97)127-109)123-68-75(35-24-17-6)36-25-18-7)100-110(126-107)106-89(61-81(125-106)59-87-96(94(66-117)119-11)83-62-91(114)92(115)64-85(83)102(87)121)112(100,78-53-45-73(46-54-78)39-32-28-21-14-3)79-55-47-74(48-56-79)40-33-29-22-15-4/h41-64,69,75H,12-40,67-68H2,1-9H3/b86-58-,87-59-,95-93-,96-94+. The van der Waals surface area contributed by atoms with E-state index >= 15 is 9.59 Å². The molecule has 652 valence electrons. The Hall–Kier alpha value is -9.41. The summed E-state index contributed by atoms with van der Waals surface area (Å²) in [6.45, 7) is 37.9. The average molecular weight is 1820 g/mol. The van der Waals surface area contributed by atoms with Crippen LogP contribution < -0.4 is 9.47 Å². The van der Waals surface area contributed by atoms with Crippen LogP contribution in [0, 0.1) is 54.6 Å². The van der Waals surface area contributed by atoms with E-state index in [9.17, 15) is 10.5 Å². The van der Waals surface area contributed by atoms with Gasteiger partial charge in [-0.05, 0) is 204 Å². The smallest absolute Gasteiger partial charge is 0.270 e. The Morgan fingerprint density at radius 1 is 0.425 bits per heavy atom. The van der Waals surface area contributed by atoms with Crippen molar-refractivity contribution in [3.8, 4) is 43.1 Å². The van der Waals surface area contributed by atoms with Crippen molar-refractivity contribution in [2.45, 2.75) is 259 Å². The van der Waals surface area contributed by atoms with Crippen LogP contribution in [0.4, 0.5) is 0 Å². The van der Waals surface area contributed by atoms with Crippen LogP contribution >= 0.6 is 80.1 Å². The van der Waals surface area contributed by atoms with Gasteiger partial charge in [0.15, 0.2) is 11.6 Å². The van der Waals surface area contributed by atoms with Gasteiger partial charge < -0.3 is 9.47 Å². The van der Waals surface area contributed by atoms with E-state index < -0.39 is 10.8 Å². The molecule has 4 aliphatic carbocycles. The fraction of sp³-hybridized carbons (Fsp3) is 0.393. The number of benzene rings is 7. The molecule has 0 saturated heterocycles. The molecular weight excluding hydrogens is 1700 g/mol. The topological polar surface area (TPSA) is 109 Å². The van der Waals surface area contributed by atoms with Gasteiger partial charge in [-0.15, -0.1) is 45.3 Å². The summed E-state index contributed by atoms with van der Waals surface area (Å²) in [5.74, 6) is 1.43. The molecule has 0 saturated carbocycles. The van der Waals surface area contributed by atoms with Crippen molar-refractivity contribution >= 4 is 135 Å². The first-order chi connectivity index (χ1) is 61.9. The van der Waals surface area contributed by atoms with E-state index in [1.54, 1.807) is 63.5 Å². The predicted octanol–water partition coefficient (Wildman–Crippen LogP) is 34.2. The number of fused-ring (bicyclic) bond motifs is 12. The maximum Gasteiger partial charge on any atom is 0.270 e. The van der Waals surface area contributed by atoms with Crippen LogP contribution in [0.1, 0.15) is 330 Å². The number of aryl methyl sites for hydroxylation is 5. The zero-order chi connectivity index (χ0) is 89.2. The average Bonchev–Trinajstić information content (AvgIpc) is 1.49. The Labute approximate surface area is 784 Å². The number of nitriles is 2. The number of carbonyl (C=O) groups is 2. The van der Waals surface area contributed by atoms with Crippen molar-refractivity contribution in [1.29, 1.82) is 10.5 Å². The number of ketones is 2. The number of nitrogens with zero attached hydrogens (tertiary/aromatic N) is 4. The van der Waals surface area contributed by atoms with E-state index in [1.165, 1.54) is 47.9 Å². The molecule has 1 atom stereocenters. The molecule has 15 rings (SSSR count). The van der Waals surface area contributed by atoms with Gasteiger partial charge in [0.05, 0.1) is 88.3 Å². The highest BCUT2D eigenvalue weighted by Gasteiger charge is 2.55. The molecule has 127 heavy (non-hydrogen) atoms. The van der Waals surface area contributed by atoms with Gasteiger partial charge in [0.25, 0.3) is 11.4 Å². The largest absolute Gasteiger partial charge is 0.491 e. The third kappa shape index (κ3) is 17.9. The predicted molar refractivity (Wildman–Crippen MR) is 537 cm³/mol. The van der Waals surface area contributed by atoms with E-state index in [2.05, 4.69) is 186 Å². The molecule has 4 aliphatic rings. The third-order valence-corrected chi connectivity index (χ3v) is 32.8. The van der Waals surface area contributed by atoms with Gasteiger partial charge in [-0.25, -0.2) is 20.2 Å². The Kier molecular flexibility index (Phi) is 30.2. The second kappa shape index (κ2) is 41.6. The molecule has 15 heteroatoms.